The number of nitrogens with zero attached hydrogens (tertiary/aromatic N) is 3. The van der Waals surface area contributed by atoms with Gasteiger partial charge in [-0.1, -0.05) is 12.8 Å². The van der Waals surface area contributed by atoms with Gasteiger partial charge in [-0.3, -0.25) is 4.31 Å². The van der Waals surface area contributed by atoms with E-state index in [1.165, 1.54) is 0 Å². The zero-order valence-corrected chi connectivity index (χ0v) is 7.38. The molecule has 0 bridgehead atoms. The van der Waals surface area contributed by atoms with Crippen molar-refractivity contribution in [1.82, 2.24) is 9.55 Å². The Balaban J connectivity index is 2.43. The molecule has 60 valence electrons. The van der Waals surface area contributed by atoms with Crippen LogP contribution in [0.4, 0.5) is 5.95 Å². The molecule has 4 heteroatoms. The van der Waals surface area contributed by atoms with Crippen molar-refractivity contribution in [3.8, 4) is 0 Å². The van der Waals surface area contributed by atoms with Crippen molar-refractivity contribution in [2.24, 2.45) is 0 Å². The van der Waals surface area contributed by atoms with Crippen LogP contribution in [0, 0.1) is 6.92 Å². The Labute approximate surface area is 71.6 Å². The van der Waals surface area contributed by atoms with E-state index in [4.69, 9.17) is 0 Å². The largest absolute Gasteiger partial charge is 0.316 e. The first kappa shape index (κ1) is 7.03. The minimum absolute atomic E-state index is 0.983. The van der Waals surface area contributed by atoms with E-state index in [0.717, 1.165) is 31.2 Å². The standard InChI is InChI=1S/C7H11N3S/c1-6-5-9-3-2-4-10(11)7(9)8-6/h5,11H,2-4H2,1H3. The van der Waals surface area contributed by atoms with Crippen LogP contribution in [-0.2, 0) is 6.54 Å². The van der Waals surface area contributed by atoms with Gasteiger partial charge in [-0.2, -0.15) is 0 Å². The lowest BCUT2D eigenvalue weighted by Crippen LogP contribution is -2.23. The molecule has 11 heavy (non-hydrogen) atoms. The predicted molar refractivity (Wildman–Crippen MR) is 47.9 cm³/mol. The van der Waals surface area contributed by atoms with Gasteiger partial charge in [0.15, 0.2) is 0 Å². The van der Waals surface area contributed by atoms with E-state index < -0.39 is 0 Å². The van der Waals surface area contributed by atoms with Crippen LogP contribution < -0.4 is 4.31 Å². The van der Waals surface area contributed by atoms with Crippen LogP contribution in [0.25, 0.3) is 0 Å². The highest BCUT2D eigenvalue weighted by Gasteiger charge is 2.15. The van der Waals surface area contributed by atoms with E-state index in [2.05, 4.69) is 28.6 Å². The third-order valence-electron chi connectivity index (χ3n) is 1.88. The summed E-state index contributed by atoms with van der Waals surface area (Å²) in [6, 6.07) is 0. The Morgan fingerprint density at radius 3 is 3.09 bits per heavy atom. The second-order valence-electron chi connectivity index (χ2n) is 2.85. The highest BCUT2D eigenvalue weighted by Crippen LogP contribution is 2.20. The molecule has 2 heterocycles. The number of rotatable bonds is 0. The highest BCUT2D eigenvalue weighted by atomic mass is 32.1. The monoisotopic (exact) mass is 169 g/mol. The van der Waals surface area contributed by atoms with Gasteiger partial charge in [-0.15, -0.1) is 0 Å². The molecule has 1 aromatic rings. The van der Waals surface area contributed by atoms with Gasteiger partial charge in [0, 0.05) is 19.3 Å². The summed E-state index contributed by atoms with van der Waals surface area (Å²) in [5.41, 5.74) is 1.07. The van der Waals surface area contributed by atoms with E-state index in [1.807, 2.05) is 11.2 Å². The molecule has 0 aromatic carbocycles. The first-order chi connectivity index (χ1) is 5.27. The highest BCUT2D eigenvalue weighted by molar-refractivity contribution is 7.81. The van der Waals surface area contributed by atoms with Crippen molar-refractivity contribution < 1.29 is 0 Å². The van der Waals surface area contributed by atoms with E-state index in [9.17, 15) is 0 Å². The quantitative estimate of drug-likeness (QED) is 0.590. The molecule has 0 fully saturated rings. The summed E-state index contributed by atoms with van der Waals surface area (Å²) in [4.78, 5) is 4.34. The van der Waals surface area contributed by atoms with Gasteiger partial charge in [0.1, 0.15) is 0 Å². The normalized spacial score (nSPS) is 16.7. The molecule has 0 aliphatic carbocycles. The van der Waals surface area contributed by atoms with Gasteiger partial charge in [-0.05, 0) is 13.3 Å². The summed E-state index contributed by atoms with van der Waals surface area (Å²) in [6.45, 7) is 4.08. The molecule has 0 amide bonds. The minimum atomic E-state index is 0.983. The molecule has 1 aromatic heterocycles. The Hall–Kier alpha value is -0.640. The summed E-state index contributed by atoms with van der Waals surface area (Å²) in [6.07, 6.45) is 3.23. The lowest BCUT2D eigenvalue weighted by Gasteiger charge is -2.22. The molecular weight excluding hydrogens is 158 g/mol. The summed E-state index contributed by atoms with van der Waals surface area (Å²) in [5.74, 6) is 0.983. The smallest absolute Gasteiger partial charge is 0.215 e. The van der Waals surface area contributed by atoms with Crippen molar-refractivity contribution in [1.29, 1.82) is 0 Å². The van der Waals surface area contributed by atoms with Crippen molar-refractivity contribution in [3.63, 3.8) is 0 Å². The van der Waals surface area contributed by atoms with Crippen LogP contribution in [0.15, 0.2) is 6.20 Å². The molecule has 1 aliphatic heterocycles. The number of fused-ring (bicyclic) bond motifs is 1. The molecule has 3 nitrogen and oxygen atoms in total. The summed E-state index contributed by atoms with van der Waals surface area (Å²) in [7, 11) is 0. The molecule has 0 unspecified atom stereocenters. The van der Waals surface area contributed by atoms with Gasteiger partial charge in [0.25, 0.3) is 0 Å². The van der Waals surface area contributed by atoms with E-state index in [-0.39, 0.29) is 0 Å². The van der Waals surface area contributed by atoms with Crippen molar-refractivity contribution >= 4 is 18.8 Å². The van der Waals surface area contributed by atoms with E-state index in [0.29, 0.717) is 0 Å². The third kappa shape index (κ3) is 1.11. The van der Waals surface area contributed by atoms with Gasteiger partial charge in [0.2, 0.25) is 5.95 Å². The average Bonchev–Trinajstić information content (AvgIpc) is 2.31. The summed E-state index contributed by atoms with van der Waals surface area (Å²) in [5, 5.41) is 0. The van der Waals surface area contributed by atoms with Crippen molar-refractivity contribution in [3.05, 3.63) is 11.9 Å². The van der Waals surface area contributed by atoms with Crippen LogP contribution in [0.1, 0.15) is 12.1 Å². The predicted octanol–water partition coefficient (Wildman–Crippen LogP) is 1.25. The molecule has 0 saturated carbocycles. The van der Waals surface area contributed by atoms with Crippen LogP contribution in [-0.4, -0.2) is 16.1 Å². The molecule has 0 atom stereocenters. The SMILES string of the molecule is Cc1cn2c(n1)N(S)CCC2. The number of imidazole rings is 1. The molecule has 1 aliphatic rings. The molecule has 0 saturated heterocycles. The molecular formula is C7H11N3S. The maximum absolute atomic E-state index is 4.34. The molecule has 0 spiro atoms. The minimum Gasteiger partial charge on any atom is -0.316 e. The Bertz CT molecular complexity index is 269. The number of thiol groups is 1. The van der Waals surface area contributed by atoms with E-state index in [1.54, 1.807) is 0 Å². The average molecular weight is 169 g/mol. The van der Waals surface area contributed by atoms with Crippen molar-refractivity contribution in [2.45, 2.75) is 19.9 Å². The van der Waals surface area contributed by atoms with Crippen LogP contribution in [0.5, 0.6) is 0 Å². The van der Waals surface area contributed by atoms with Crippen LogP contribution in [0.3, 0.4) is 0 Å². The van der Waals surface area contributed by atoms with Crippen molar-refractivity contribution in [2.75, 3.05) is 10.8 Å². The lowest BCUT2D eigenvalue weighted by atomic mass is 10.4. The molecule has 0 radical (unpaired) electrons. The number of anilines is 1. The Morgan fingerprint density at radius 2 is 2.36 bits per heavy atom. The van der Waals surface area contributed by atoms with Gasteiger partial charge in [-0.25, -0.2) is 4.98 Å². The zero-order chi connectivity index (χ0) is 7.84. The lowest BCUT2D eigenvalue weighted by molar-refractivity contribution is 0.607. The fourth-order valence-corrected chi connectivity index (χ4v) is 1.70. The van der Waals surface area contributed by atoms with Gasteiger partial charge >= 0.3 is 0 Å². The first-order valence-electron chi connectivity index (χ1n) is 3.77. The summed E-state index contributed by atoms with van der Waals surface area (Å²) >= 11 is 4.30. The number of hydrogen-bond acceptors (Lipinski definition) is 3. The van der Waals surface area contributed by atoms with E-state index >= 15 is 0 Å². The fraction of sp³-hybridized carbons (Fsp3) is 0.571. The first-order valence-corrected chi connectivity index (χ1v) is 4.17. The Kier molecular flexibility index (Phi) is 1.56. The molecule has 2 rings (SSSR count). The van der Waals surface area contributed by atoms with Crippen LogP contribution >= 0.6 is 12.8 Å². The fourth-order valence-electron chi connectivity index (χ4n) is 1.40. The number of hydrogen-bond donors (Lipinski definition) is 1. The second-order valence-corrected chi connectivity index (χ2v) is 3.34. The molecule has 0 N–H and O–H groups in total. The topological polar surface area (TPSA) is 21.1 Å². The second kappa shape index (κ2) is 2.44. The van der Waals surface area contributed by atoms with Gasteiger partial charge < -0.3 is 4.57 Å². The van der Waals surface area contributed by atoms with Gasteiger partial charge in [0.05, 0.1) is 5.69 Å². The van der Waals surface area contributed by atoms with Crippen LogP contribution in [0.2, 0.25) is 0 Å². The Morgan fingerprint density at radius 1 is 1.55 bits per heavy atom. The number of aryl methyl sites for hydroxylation is 2. The maximum Gasteiger partial charge on any atom is 0.215 e. The summed E-state index contributed by atoms with van der Waals surface area (Å²) < 4.78 is 4.04. The number of aromatic nitrogens is 2. The maximum atomic E-state index is 4.34. The third-order valence-corrected chi connectivity index (χ3v) is 2.25. The zero-order valence-electron chi connectivity index (χ0n) is 6.49.